The maximum atomic E-state index is 14.1. The Morgan fingerprint density at radius 3 is 2.41 bits per heavy atom. The van der Waals surface area contributed by atoms with Gasteiger partial charge in [0.1, 0.15) is 5.75 Å². The van der Waals surface area contributed by atoms with E-state index in [0.717, 1.165) is 18.2 Å². The fraction of sp³-hybridized carbons (Fsp3) is 0.100. The van der Waals surface area contributed by atoms with E-state index in [1.807, 2.05) is 0 Å². The molecule has 1 heterocycles. The molecular weight excluding hydrogens is 392 g/mol. The Hall–Kier alpha value is -3.62. The Morgan fingerprint density at radius 2 is 1.76 bits per heavy atom. The molecule has 1 aromatic heterocycles. The van der Waals surface area contributed by atoms with Crippen LogP contribution in [-0.2, 0) is 6.18 Å². The van der Waals surface area contributed by atoms with Crippen LogP contribution in [0, 0.1) is 12.7 Å². The van der Waals surface area contributed by atoms with Gasteiger partial charge in [-0.1, -0.05) is 6.07 Å². The quantitative estimate of drug-likeness (QED) is 0.607. The molecule has 2 aromatic carbocycles. The van der Waals surface area contributed by atoms with Gasteiger partial charge in [-0.15, -0.1) is 0 Å². The summed E-state index contributed by atoms with van der Waals surface area (Å²) in [4.78, 5) is 26.3. The summed E-state index contributed by atoms with van der Waals surface area (Å²) in [6.45, 7) is 1.66. The molecule has 3 rings (SSSR count). The summed E-state index contributed by atoms with van der Waals surface area (Å²) < 4.78 is 58.8. The van der Waals surface area contributed by atoms with Crippen LogP contribution in [0.5, 0.6) is 11.5 Å². The van der Waals surface area contributed by atoms with E-state index in [1.54, 1.807) is 13.0 Å². The van der Waals surface area contributed by atoms with Gasteiger partial charge in [-0.25, -0.2) is 4.39 Å². The molecule has 0 aliphatic carbocycles. The molecule has 5 nitrogen and oxygen atoms in total. The third-order valence-electron chi connectivity index (χ3n) is 3.89. The average Bonchev–Trinajstić information content (AvgIpc) is 2.63. The summed E-state index contributed by atoms with van der Waals surface area (Å²) in [5.74, 6) is -2.21. The first-order valence-corrected chi connectivity index (χ1v) is 8.29. The Kier molecular flexibility index (Phi) is 5.40. The number of ether oxygens (including phenoxy) is 1. The van der Waals surface area contributed by atoms with E-state index >= 15 is 0 Å². The molecule has 0 saturated heterocycles. The van der Waals surface area contributed by atoms with Crippen LogP contribution in [0.3, 0.4) is 0 Å². The zero-order valence-electron chi connectivity index (χ0n) is 14.9. The van der Waals surface area contributed by atoms with Crippen LogP contribution in [-0.4, -0.2) is 10.9 Å². The van der Waals surface area contributed by atoms with E-state index in [9.17, 15) is 27.2 Å². The number of aryl methyl sites for hydroxylation is 1. The molecule has 0 aliphatic rings. The number of rotatable bonds is 4. The molecule has 0 unspecified atom stereocenters. The minimum Gasteiger partial charge on any atom is -0.453 e. The smallest absolute Gasteiger partial charge is 0.416 e. The monoisotopic (exact) mass is 406 g/mol. The highest BCUT2D eigenvalue weighted by molar-refractivity contribution is 6.06. The average molecular weight is 406 g/mol. The number of benzene rings is 2. The van der Waals surface area contributed by atoms with Crippen molar-refractivity contribution in [2.24, 2.45) is 0 Å². The van der Waals surface area contributed by atoms with Crippen molar-refractivity contribution in [2.75, 3.05) is 5.32 Å². The van der Waals surface area contributed by atoms with Crippen molar-refractivity contribution in [3.05, 3.63) is 87.6 Å². The van der Waals surface area contributed by atoms with Crippen LogP contribution >= 0.6 is 0 Å². The number of aromatic amines is 1. The summed E-state index contributed by atoms with van der Waals surface area (Å²) >= 11 is 0. The van der Waals surface area contributed by atoms with Gasteiger partial charge in [0.05, 0.1) is 11.1 Å². The van der Waals surface area contributed by atoms with Gasteiger partial charge in [-0.3, -0.25) is 9.59 Å². The van der Waals surface area contributed by atoms with Crippen molar-refractivity contribution in [3.63, 3.8) is 0 Å². The van der Waals surface area contributed by atoms with Crippen molar-refractivity contribution in [1.82, 2.24) is 4.98 Å². The summed E-state index contributed by atoms with van der Waals surface area (Å²) in [6, 6.07) is 8.73. The largest absolute Gasteiger partial charge is 0.453 e. The fourth-order valence-corrected chi connectivity index (χ4v) is 2.50. The lowest BCUT2D eigenvalue weighted by Gasteiger charge is -2.15. The molecule has 0 aliphatic heterocycles. The van der Waals surface area contributed by atoms with Gasteiger partial charge >= 0.3 is 6.18 Å². The van der Waals surface area contributed by atoms with E-state index in [-0.39, 0.29) is 17.2 Å². The van der Waals surface area contributed by atoms with Gasteiger partial charge in [-0.05, 0) is 48.9 Å². The molecule has 0 spiro atoms. The minimum atomic E-state index is -4.70. The molecule has 29 heavy (non-hydrogen) atoms. The number of anilines is 1. The van der Waals surface area contributed by atoms with Gasteiger partial charge in [-0.2, -0.15) is 13.2 Å². The summed E-state index contributed by atoms with van der Waals surface area (Å²) in [5.41, 5.74) is -1.37. The molecule has 0 radical (unpaired) electrons. The van der Waals surface area contributed by atoms with Crippen molar-refractivity contribution in [1.29, 1.82) is 0 Å². The molecular formula is C20H14F4N2O3. The Labute approximate surface area is 162 Å². The van der Waals surface area contributed by atoms with Gasteiger partial charge in [0.2, 0.25) is 5.56 Å². The number of nitrogens with one attached hydrogen (secondary N) is 2. The lowest BCUT2D eigenvalue weighted by molar-refractivity contribution is -0.137. The Morgan fingerprint density at radius 1 is 1.03 bits per heavy atom. The predicted octanol–water partition coefficient (Wildman–Crippen LogP) is 4.89. The normalized spacial score (nSPS) is 11.2. The number of aromatic nitrogens is 1. The first kappa shape index (κ1) is 20.1. The summed E-state index contributed by atoms with van der Waals surface area (Å²) in [6.07, 6.45) is -3.43. The highest BCUT2D eigenvalue weighted by atomic mass is 19.4. The predicted molar refractivity (Wildman–Crippen MR) is 97.7 cm³/mol. The van der Waals surface area contributed by atoms with Gasteiger partial charge < -0.3 is 15.0 Å². The van der Waals surface area contributed by atoms with Gasteiger partial charge in [0, 0.05) is 18.0 Å². The second-order valence-electron chi connectivity index (χ2n) is 6.14. The minimum absolute atomic E-state index is 0.0728. The SMILES string of the molecule is Cc1ccc(Oc2ccc(C(F)(F)F)cc2C(=O)Nc2cc[nH]c(=O)c2)c(F)c1. The number of halogens is 4. The van der Waals surface area contributed by atoms with E-state index in [1.165, 1.54) is 24.4 Å². The standard InChI is InChI=1S/C20H14F4N2O3/c1-11-2-4-17(15(21)8-11)29-16-5-3-12(20(22,23)24)9-14(16)19(28)26-13-6-7-25-18(27)10-13/h2-10H,1H3,(H2,25,26,27,28). The number of H-pyrrole nitrogens is 1. The molecule has 0 atom stereocenters. The summed E-state index contributed by atoms with van der Waals surface area (Å²) in [5, 5.41) is 2.33. The fourth-order valence-electron chi connectivity index (χ4n) is 2.50. The zero-order chi connectivity index (χ0) is 21.2. The number of pyridine rings is 1. The Bertz CT molecular complexity index is 1120. The second kappa shape index (κ2) is 7.78. The number of carbonyl (C=O) groups excluding carboxylic acids is 1. The Balaban J connectivity index is 2.01. The van der Waals surface area contributed by atoms with Crippen molar-refractivity contribution < 1.29 is 27.1 Å². The van der Waals surface area contributed by atoms with E-state index in [4.69, 9.17) is 4.74 Å². The van der Waals surface area contributed by atoms with Crippen LogP contribution < -0.4 is 15.6 Å². The highest BCUT2D eigenvalue weighted by Gasteiger charge is 2.32. The van der Waals surface area contributed by atoms with Gasteiger partial charge in [0.15, 0.2) is 11.6 Å². The molecule has 150 valence electrons. The third-order valence-corrected chi connectivity index (χ3v) is 3.89. The molecule has 9 heteroatoms. The zero-order valence-corrected chi connectivity index (χ0v) is 14.9. The van der Waals surface area contributed by atoms with Crippen molar-refractivity contribution in [3.8, 4) is 11.5 Å². The van der Waals surface area contributed by atoms with Crippen LogP contribution in [0.4, 0.5) is 23.2 Å². The van der Waals surface area contributed by atoms with Crippen LogP contribution in [0.15, 0.2) is 59.5 Å². The number of hydrogen-bond acceptors (Lipinski definition) is 3. The number of carbonyl (C=O) groups is 1. The van der Waals surface area contributed by atoms with E-state index in [0.29, 0.717) is 11.6 Å². The topological polar surface area (TPSA) is 71.2 Å². The summed E-state index contributed by atoms with van der Waals surface area (Å²) in [7, 11) is 0. The number of amides is 1. The van der Waals surface area contributed by atoms with Crippen LogP contribution in [0.2, 0.25) is 0 Å². The maximum Gasteiger partial charge on any atom is 0.416 e. The molecule has 0 saturated carbocycles. The second-order valence-corrected chi connectivity index (χ2v) is 6.14. The first-order chi connectivity index (χ1) is 13.6. The maximum absolute atomic E-state index is 14.1. The molecule has 0 fully saturated rings. The number of alkyl halides is 3. The molecule has 2 N–H and O–H groups in total. The van der Waals surface area contributed by atoms with Crippen LogP contribution in [0.25, 0.3) is 0 Å². The third kappa shape index (κ3) is 4.81. The van der Waals surface area contributed by atoms with E-state index < -0.39 is 34.6 Å². The molecule has 3 aromatic rings. The van der Waals surface area contributed by atoms with Crippen molar-refractivity contribution in [2.45, 2.75) is 13.1 Å². The highest BCUT2D eigenvalue weighted by Crippen LogP contribution is 2.35. The van der Waals surface area contributed by atoms with Crippen molar-refractivity contribution >= 4 is 11.6 Å². The van der Waals surface area contributed by atoms with Gasteiger partial charge in [0.25, 0.3) is 5.91 Å². The lowest BCUT2D eigenvalue weighted by Crippen LogP contribution is -2.16. The first-order valence-electron chi connectivity index (χ1n) is 8.29. The number of hydrogen-bond donors (Lipinski definition) is 2. The molecule has 0 bridgehead atoms. The van der Waals surface area contributed by atoms with E-state index in [2.05, 4.69) is 10.3 Å². The van der Waals surface area contributed by atoms with Crippen LogP contribution in [0.1, 0.15) is 21.5 Å². The lowest BCUT2D eigenvalue weighted by atomic mass is 10.1. The molecule has 1 amide bonds.